The van der Waals surface area contributed by atoms with Gasteiger partial charge < -0.3 is 11.1 Å². The molecular weight excluding hydrogens is 288 g/mol. The van der Waals surface area contributed by atoms with Crippen LogP contribution in [0.4, 0.5) is 5.69 Å². The van der Waals surface area contributed by atoms with Gasteiger partial charge in [-0.3, -0.25) is 4.79 Å². The summed E-state index contributed by atoms with van der Waals surface area (Å²) in [5.41, 5.74) is 9.01. The Morgan fingerprint density at radius 3 is 2.80 bits per heavy atom. The minimum atomic E-state index is -0.103. The van der Waals surface area contributed by atoms with E-state index in [1.165, 1.54) is 16.9 Å². The Balaban J connectivity index is 1.82. The Morgan fingerprint density at radius 1 is 1.30 bits per heavy atom. The van der Waals surface area contributed by atoms with Crippen LogP contribution in [0, 0.1) is 6.92 Å². The van der Waals surface area contributed by atoms with Crippen molar-refractivity contribution < 1.29 is 4.79 Å². The Labute approximate surface area is 125 Å². The number of anilines is 1. The van der Waals surface area contributed by atoms with Crippen LogP contribution in [0.5, 0.6) is 0 Å². The molecule has 1 amide bonds. The summed E-state index contributed by atoms with van der Waals surface area (Å²) in [4.78, 5) is 12.9. The zero-order chi connectivity index (χ0) is 14.1. The first kappa shape index (κ1) is 13.1. The van der Waals surface area contributed by atoms with Crippen LogP contribution in [0.15, 0.2) is 35.0 Å². The Kier molecular flexibility index (Phi) is 3.46. The molecule has 0 aliphatic heterocycles. The predicted octanol–water partition coefficient (Wildman–Crippen LogP) is 3.78. The van der Waals surface area contributed by atoms with E-state index in [0.29, 0.717) is 17.1 Å². The number of nitrogens with two attached hydrogens (primary N) is 1. The molecule has 2 heterocycles. The van der Waals surface area contributed by atoms with Crippen molar-refractivity contribution in [2.45, 2.75) is 13.5 Å². The first-order valence-electron chi connectivity index (χ1n) is 6.23. The number of aryl methyl sites for hydroxylation is 1. The van der Waals surface area contributed by atoms with Crippen LogP contribution in [0.3, 0.4) is 0 Å². The van der Waals surface area contributed by atoms with E-state index in [9.17, 15) is 4.79 Å². The first-order chi connectivity index (χ1) is 9.66. The van der Waals surface area contributed by atoms with Crippen LogP contribution in [-0.2, 0) is 6.54 Å². The second-order valence-electron chi connectivity index (χ2n) is 4.60. The van der Waals surface area contributed by atoms with Crippen molar-refractivity contribution in [3.05, 3.63) is 51.0 Å². The molecule has 0 saturated heterocycles. The lowest BCUT2D eigenvalue weighted by molar-refractivity contribution is 0.0956. The molecule has 0 bridgehead atoms. The summed E-state index contributed by atoms with van der Waals surface area (Å²) in [6, 6.07) is 7.81. The lowest BCUT2D eigenvalue weighted by atomic mass is 10.2. The topological polar surface area (TPSA) is 55.1 Å². The molecule has 0 fully saturated rings. The van der Waals surface area contributed by atoms with Crippen molar-refractivity contribution in [3.8, 4) is 0 Å². The van der Waals surface area contributed by atoms with Gasteiger partial charge in [0.25, 0.3) is 5.91 Å². The van der Waals surface area contributed by atoms with Gasteiger partial charge in [0.15, 0.2) is 0 Å². The molecule has 20 heavy (non-hydrogen) atoms. The van der Waals surface area contributed by atoms with Gasteiger partial charge in [-0.2, -0.15) is 11.3 Å². The fourth-order valence-electron chi connectivity index (χ4n) is 2.06. The number of carbonyl (C=O) groups is 1. The van der Waals surface area contributed by atoms with Gasteiger partial charge in [0.1, 0.15) is 4.88 Å². The summed E-state index contributed by atoms with van der Waals surface area (Å²) >= 11 is 3.09. The minimum absolute atomic E-state index is 0.103. The third kappa shape index (κ3) is 2.30. The Morgan fingerprint density at radius 2 is 2.10 bits per heavy atom. The van der Waals surface area contributed by atoms with Crippen LogP contribution in [0.2, 0.25) is 0 Å². The maximum Gasteiger partial charge on any atom is 0.263 e. The van der Waals surface area contributed by atoms with Gasteiger partial charge in [0.05, 0.1) is 5.69 Å². The van der Waals surface area contributed by atoms with Crippen LogP contribution in [-0.4, -0.2) is 5.91 Å². The van der Waals surface area contributed by atoms with Crippen molar-refractivity contribution in [1.29, 1.82) is 0 Å². The minimum Gasteiger partial charge on any atom is -0.397 e. The lowest BCUT2D eigenvalue weighted by Gasteiger charge is -2.04. The van der Waals surface area contributed by atoms with Crippen molar-refractivity contribution >= 4 is 44.4 Å². The predicted molar refractivity (Wildman–Crippen MR) is 86.5 cm³/mol. The average Bonchev–Trinajstić information content (AvgIpc) is 3.01. The Bertz CT molecular complexity index is 773. The highest BCUT2D eigenvalue weighted by Gasteiger charge is 2.15. The number of rotatable bonds is 3. The standard InChI is InChI=1S/C15H14N2OS2/c1-9-7-19-8-10(9)6-17-15(18)14-13(16)11-4-2-3-5-12(11)20-14/h2-5,7-8H,6,16H2,1H3,(H,17,18). The molecular formula is C15H14N2OS2. The van der Waals surface area contributed by atoms with Crippen LogP contribution in [0.1, 0.15) is 20.8 Å². The molecule has 102 valence electrons. The summed E-state index contributed by atoms with van der Waals surface area (Å²) < 4.78 is 1.04. The molecule has 3 N–H and O–H groups in total. The first-order valence-corrected chi connectivity index (χ1v) is 7.99. The molecule has 3 rings (SSSR count). The fourth-order valence-corrected chi connectivity index (χ4v) is 3.95. The molecule has 0 aliphatic carbocycles. The highest BCUT2D eigenvalue weighted by Crippen LogP contribution is 2.33. The molecule has 5 heteroatoms. The molecule has 0 atom stereocenters. The van der Waals surface area contributed by atoms with Crippen LogP contribution >= 0.6 is 22.7 Å². The van der Waals surface area contributed by atoms with Crippen molar-refractivity contribution in [3.63, 3.8) is 0 Å². The maximum absolute atomic E-state index is 12.3. The number of nitrogen functional groups attached to an aromatic ring is 1. The molecule has 0 aliphatic rings. The maximum atomic E-state index is 12.3. The van der Waals surface area contributed by atoms with Crippen LogP contribution < -0.4 is 11.1 Å². The number of benzene rings is 1. The number of carbonyl (C=O) groups excluding carboxylic acids is 1. The molecule has 2 aromatic heterocycles. The third-order valence-electron chi connectivity index (χ3n) is 3.24. The number of nitrogens with one attached hydrogen (secondary N) is 1. The Hall–Kier alpha value is -1.85. The van der Waals surface area contributed by atoms with Gasteiger partial charge in [-0.05, 0) is 34.9 Å². The van der Waals surface area contributed by atoms with E-state index in [0.717, 1.165) is 15.6 Å². The molecule has 0 radical (unpaired) electrons. The highest BCUT2D eigenvalue weighted by atomic mass is 32.1. The number of hydrogen-bond donors (Lipinski definition) is 2. The number of hydrogen-bond acceptors (Lipinski definition) is 4. The number of fused-ring (bicyclic) bond motifs is 1. The summed E-state index contributed by atoms with van der Waals surface area (Å²) in [7, 11) is 0. The molecule has 3 nitrogen and oxygen atoms in total. The molecule has 1 aromatic carbocycles. The fraction of sp³-hybridized carbons (Fsp3) is 0.133. The van der Waals surface area contributed by atoms with Gasteiger partial charge in [-0.1, -0.05) is 18.2 Å². The van der Waals surface area contributed by atoms with Crippen molar-refractivity contribution in [1.82, 2.24) is 5.32 Å². The molecule has 0 unspecified atom stereocenters. The number of thiophene rings is 2. The van der Waals surface area contributed by atoms with Crippen molar-refractivity contribution in [2.24, 2.45) is 0 Å². The molecule has 0 saturated carbocycles. The highest BCUT2D eigenvalue weighted by molar-refractivity contribution is 7.21. The van der Waals surface area contributed by atoms with E-state index in [4.69, 9.17) is 5.73 Å². The van der Waals surface area contributed by atoms with Gasteiger partial charge in [0, 0.05) is 16.6 Å². The van der Waals surface area contributed by atoms with Crippen molar-refractivity contribution in [2.75, 3.05) is 5.73 Å². The number of amides is 1. The zero-order valence-corrected chi connectivity index (χ0v) is 12.6. The summed E-state index contributed by atoms with van der Waals surface area (Å²) in [6.45, 7) is 2.59. The van der Waals surface area contributed by atoms with E-state index in [2.05, 4.69) is 16.1 Å². The monoisotopic (exact) mass is 302 g/mol. The molecule has 3 aromatic rings. The average molecular weight is 302 g/mol. The smallest absolute Gasteiger partial charge is 0.263 e. The van der Waals surface area contributed by atoms with Gasteiger partial charge in [-0.15, -0.1) is 11.3 Å². The van der Waals surface area contributed by atoms with E-state index >= 15 is 0 Å². The second kappa shape index (κ2) is 5.26. The largest absolute Gasteiger partial charge is 0.397 e. The lowest BCUT2D eigenvalue weighted by Crippen LogP contribution is -2.22. The second-order valence-corrected chi connectivity index (χ2v) is 6.40. The van der Waals surface area contributed by atoms with Crippen LogP contribution in [0.25, 0.3) is 10.1 Å². The van der Waals surface area contributed by atoms with Gasteiger partial charge in [-0.25, -0.2) is 0 Å². The quantitative estimate of drug-likeness (QED) is 0.773. The molecule has 0 spiro atoms. The summed E-state index contributed by atoms with van der Waals surface area (Å²) in [5.74, 6) is -0.103. The van der Waals surface area contributed by atoms with E-state index < -0.39 is 0 Å². The SMILES string of the molecule is Cc1cscc1CNC(=O)c1sc2ccccc2c1N. The van der Waals surface area contributed by atoms with E-state index in [1.54, 1.807) is 11.3 Å². The summed E-state index contributed by atoms with van der Waals surface area (Å²) in [6.07, 6.45) is 0. The van der Waals surface area contributed by atoms with Gasteiger partial charge in [0.2, 0.25) is 0 Å². The summed E-state index contributed by atoms with van der Waals surface area (Å²) in [5, 5.41) is 8.03. The van der Waals surface area contributed by atoms with Gasteiger partial charge >= 0.3 is 0 Å². The van der Waals surface area contributed by atoms with E-state index in [1.807, 2.05) is 31.2 Å². The van der Waals surface area contributed by atoms with E-state index in [-0.39, 0.29) is 5.91 Å². The third-order valence-corrected chi connectivity index (χ3v) is 5.34. The zero-order valence-electron chi connectivity index (χ0n) is 11.0. The normalized spacial score (nSPS) is 10.8.